The number of aromatic hydroxyl groups is 1. The van der Waals surface area contributed by atoms with E-state index in [0.29, 0.717) is 17.2 Å². The van der Waals surface area contributed by atoms with Crippen molar-refractivity contribution >= 4 is 5.65 Å². The zero-order chi connectivity index (χ0) is 17.4. The van der Waals surface area contributed by atoms with E-state index in [2.05, 4.69) is 10.2 Å². The van der Waals surface area contributed by atoms with Crippen molar-refractivity contribution < 1.29 is 14.2 Å². The number of pyridine rings is 1. The molecule has 0 bridgehead atoms. The first-order valence-electron chi connectivity index (χ1n) is 7.64. The highest BCUT2D eigenvalue weighted by Gasteiger charge is 2.12. The first-order valence-corrected chi connectivity index (χ1v) is 7.64. The van der Waals surface area contributed by atoms with Crippen molar-refractivity contribution in [3.8, 4) is 34.0 Å². The maximum Gasteiger partial charge on any atom is 0.168 e. The minimum atomic E-state index is -0.287. The quantitative estimate of drug-likeness (QED) is 0.616. The van der Waals surface area contributed by atoms with Gasteiger partial charge < -0.3 is 9.84 Å². The summed E-state index contributed by atoms with van der Waals surface area (Å²) in [5.74, 6) is 0.729. The highest BCUT2D eigenvalue weighted by atomic mass is 19.1. The standard InChI is InChI=1S/C19H14FN3O2/c1-25-17-10-13(5-7-16(17)24)19-22-21-18-8-6-14(11-23(18)19)12-3-2-4-15(20)9-12/h2-11,24H,1H3. The largest absolute Gasteiger partial charge is 0.504 e. The van der Waals surface area contributed by atoms with E-state index >= 15 is 0 Å². The lowest BCUT2D eigenvalue weighted by Crippen LogP contribution is -1.92. The molecule has 6 heteroatoms. The molecule has 0 fully saturated rings. The van der Waals surface area contributed by atoms with Crippen LogP contribution in [0.25, 0.3) is 28.2 Å². The molecular weight excluding hydrogens is 321 g/mol. The Morgan fingerprint density at radius 1 is 0.960 bits per heavy atom. The van der Waals surface area contributed by atoms with Crippen LogP contribution in [0.2, 0.25) is 0 Å². The highest BCUT2D eigenvalue weighted by Crippen LogP contribution is 2.31. The van der Waals surface area contributed by atoms with Gasteiger partial charge in [0.15, 0.2) is 23.0 Å². The summed E-state index contributed by atoms with van der Waals surface area (Å²) in [4.78, 5) is 0. The Kier molecular flexibility index (Phi) is 3.57. The van der Waals surface area contributed by atoms with Gasteiger partial charge in [-0.1, -0.05) is 12.1 Å². The molecule has 2 heterocycles. The Hall–Kier alpha value is -3.41. The summed E-state index contributed by atoms with van der Waals surface area (Å²) in [5.41, 5.74) is 3.03. The number of aromatic nitrogens is 3. The molecule has 0 atom stereocenters. The summed E-state index contributed by atoms with van der Waals surface area (Å²) in [6, 6.07) is 15.1. The van der Waals surface area contributed by atoms with E-state index in [1.807, 2.05) is 28.8 Å². The molecule has 0 saturated heterocycles. The predicted molar refractivity (Wildman–Crippen MR) is 92.0 cm³/mol. The number of nitrogens with zero attached hydrogens (tertiary/aromatic N) is 3. The van der Waals surface area contributed by atoms with Crippen molar-refractivity contribution in [1.29, 1.82) is 0 Å². The molecule has 2 aromatic carbocycles. The van der Waals surface area contributed by atoms with Gasteiger partial charge in [0.2, 0.25) is 0 Å². The number of rotatable bonds is 3. The van der Waals surface area contributed by atoms with Crippen LogP contribution >= 0.6 is 0 Å². The van der Waals surface area contributed by atoms with Gasteiger partial charge in [0.25, 0.3) is 0 Å². The lowest BCUT2D eigenvalue weighted by Gasteiger charge is -2.07. The normalized spacial score (nSPS) is 11.0. The third-order valence-corrected chi connectivity index (χ3v) is 4.00. The Labute approximate surface area is 143 Å². The van der Waals surface area contributed by atoms with E-state index in [4.69, 9.17) is 4.74 Å². The van der Waals surface area contributed by atoms with Gasteiger partial charge in [-0.2, -0.15) is 0 Å². The predicted octanol–water partition coefficient (Wildman–Crippen LogP) is 3.92. The van der Waals surface area contributed by atoms with Crippen molar-refractivity contribution in [3.05, 3.63) is 66.6 Å². The van der Waals surface area contributed by atoms with Gasteiger partial charge in [0.1, 0.15) is 5.82 Å². The van der Waals surface area contributed by atoms with Crippen LogP contribution in [0.3, 0.4) is 0 Å². The van der Waals surface area contributed by atoms with Crippen LogP contribution in [-0.2, 0) is 0 Å². The number of ether oxygens (including phenoxy) is 1. The number of hydrogen-bond donors (Lipinski definition) is 1. The lowest BCUT2D eigenvalue weighted by molar-refractivity contribution is 0.373. The number of methoxy groups -OCH3 is 1. The summed E-state index contributed by atoms with van der Waals surface area (Å²) >= 11 is 0. The van der Waals surface area contributed by atoms with Crippen LogP contribution in [0, 0.1) is 5.82 Å². The van der Waals surface area contributed by atoms with Crippen LogP contribution in [0.15, 0.2) is 60.8 Å². The molecule has 0 radical (unpaired) electrons. The molecule has 2 aromatic heterocycles. The maximum atomic E-state index is 13.5. The Morgan fingerprint density at radius 3 is 2.60 bits per heavy atom. The van der Waals surface area contributed by atoms with Gasteiger partial charge in [-0.15, -0.1) is 10.2 Å². The monoisotopic (exact) mass is 335 g/mol. The average molecular weight is 335 g/mol. The first-order chi connectivity index (χ1) is 12.2. The first kappa shape index (κ1) is 15.1. The maximum absolute atomic E-state index is 13.5. The van der Waals surface area contributed by atoms with Crippen molar-refractivity contribution in [1.82, 2.24) is 14.6 Å². The Balaban J connectivity index is 1.87. The molecule has 0 aliphatic carbocycles. The van der Waals surface area contributed by atoms with Gasteiger partial charge in [-0.3, -0.25) is 4.40 Å². The third-order valence-electron chi connectivity index (χ3n) is 4.00. The molecular formula is C19H14FN3O2. The van der Waals surface area contributed by atoms with E-state index < -0.39 is 0 Å². The second-order valence-electron chi connectivity index (χ2n) is 5.57. The molecule has 0 amide bonds. The molecule has 25 heavy (non-hydrogen) atoms. The van der Waals surface area contributed by atoms with Gasteiger partial charge in [0.05, 0.1) is 7.11 Å². The zero-order valence-electron chi connectivity index (χ0n) is 13.3. The summed E-state index contributed by atoms with van der Waals surface area (Å²) in [7, 11) is 1.49. The summed E-state index contributed by atoms with van der Waals surface area (Å²) < 4.78 is 20.5. The van der Waals surface area contributed by atoms with Crippen LogP contribution in [0.5, 0.6) is 11.5 Å². The molecule has 5 nitrogen and oxygen atoms in total. The van der Waals surface area contributed by atoms with E-state index in [9.17, 15) is 9.50 Å². The summed E-state index contributed by atoms with van der Waals surface area (Å²) in [6.07, 6.45) is 1.86. The Bertz CT molecular complexity index is 1080. The summed E-state index contributed by atoms with van der Waals surface area (Å²) in [6.45, 7) is 0. The third kappa shape index (κ3) is 2.67. The number of halogens is 1. The van der Waals surface area contributed by atoms with Gasteiger partial charge in [0, 0.05) is 11.8 Å². The molecule has 0 aliphatic heterocycles. The molecule has 0 saturated carbocycles. The number of hydrogen-bond acceptors (Lipinski definition) is 4. The van der Waals surface area contributed by atoms with Crippen molar-refractivity contribution in [2.75, 3.05) is 7.11 Å². The second-order valence-corrected chi connectivity index (χ2v) is 5.57. The van der Waals surface area contributed by atoms with Crippen LogP contribution in [0.1, 0.15) is 0 Å². The fraction of sp³-hybridized carbons (Fsp3) is 0.0526. The molecule has 0 unspecified atom stereocenters. The second kappa shape index (κ2) is 5.90. The van der Waals surface area contributed by atoms with Crippen LogP contribution in [0.4, 0.5) is 4.39 Å². The highest BCUT2D eigenvalue weighted by molar-refractivity contribution is 5.68. The minimum absolute atomic E-state index is 0.0560. The molecule has 0 spiro atoms. The number of phenolic OH excluding ortho intramolecular Hbond substituents is 1. The van der Waals surface area contributed by atoms with E-state index in [1.54, 1.807) is 24.3 Å². The lowest BCUT2D eigenvalue weighted by atomic mass is 10.1. The topological polar surface area (TPSA) is 59.7 Å². The molecule has 4 aromatic rings. The van der Waals surface area contributed by atoms with E-state index in [-0.39, 0.29) is 11.6 Å². The van der Waals surface area contributed by atoms with Crippen molar-refractivity contribution in [3.63, 3.8) is 0 Å². The van der Waals surface area contributed by atoms with Gasteiger partial charge in [-0.25, -0.2) is 4.39 Å². The number of fused-ring (bicyclic) bond motifs is 1. The van der Waals surface area contributed by atoms with Crippen LogP contribution < -0.4 is 4.74 Å². The molecule has 1 N–H and O–H groups in total. The molecule has 4 rings (SSSR count). The van der Waals surface area contributed by atoms with Crippen molar-refractivity contribution in [2.45, 2.75) is 0 Å². The van der Waals surface area contributed by atoms with Crippen molar-refractivity contribution in [2.24, 2.45) is 0 Å². The zero-order valence-corrected chi connectivity index (χ0v) is 13.3. The SMILES string of the molecule is COc1cc(-c2nnc3ccc(-c4cccc(F)c4)cn23)ccc1O. The molecule has 0 aliphatic rings. The minimum Gasteiger partial charge on any atom is -0.504 e. The number of benzene rings is 2. The van der Waals surface area contributed by atoms with Gasteiger partial charge >= 0.3 is 0 Å². The smallest absolute Gasteiger partial charge is 0.168 e. The average Bonchev–Trinajstić information content (AvgIpc) is 3.05. The number of phenols is 1. The Morgan fingerprint density at radius 2 is 1.80 bits per heavy atom. The molecule has 124 valence electrons. The van der Waals surface area contributed by atoms with E-state index in [0.717, 1.165) is 16.7 Å². The van der Waals surface area contributed by atoms with Gasteiger partial charge in [-0.05, 0) is 53.6 Å². The summed E-state index contributed by atoms with van der Waals surface area (Å²) in [5, 5.41) is 18.1. The fourth-order valence-corrected chi connectivity index (χ4v) is 2.74. The van der Waals surface area contributed by atoms with E-state index in [1.165, 1.54) is 19.2 Å². The fourth-order valence-electron chi connectivity index (χ4n) is 2.74. The van der Waals surface area contributed by atoms with Crippen LogP contribution in [-0.4, -0.2) is 26.8 Å².